The summed E-state index contributed by atoms with van der Waals surface area (Å²) in [7, 11) is 0. The zero-order valence-corrected chi connectivity index (χ0v) is 12.2. The second-order valence-electron chi connectivity index (χ2n) is 5.15. The van der Waals surface area contributed by atoms with E-state index in [-0.39, 0.29) is 11.9 Å². The van der Waals surface area contributed by atoms with Gasteiger partial charge >= 0.3 is 5.97 Å². The van der Waals surface area contributed by atoms with E-state index in [0.29, 0.717) is 18.1 Å². The van der Waals surface area contributed by atoms with Gasteiger partial charge in [0.15, 0.2) is 0 Å². The molecule has 0 radical (unpaired) electrons. The van der Waals surface area contributed by atoms with Crippen molar-refractivity contribution in [2.75, 3.05) is 6.61 Å². The van der Waals surface area contributed by atoms with Gasteiger partial charge in [-0.25, -0.2) is 4.79 Å². The first-order chi connectivity index (χ1) is 8.38. The van der Waals surface area contributed by atoms with E-state index in [1.165, 1.54) is 0 Å². The summed E-state index contributed by atoms with van der Waals surface area (Å²) in [6.07, 6.45) is 0. The number of carbonyl (C=O) groups is 1. The van der Waals surface area contributed by atoms with Crippen molar-refractivity contribution in [3.05, 3.63) is 28.6 Å². The van der Waals surface area contributed by atoms with Crippen LogP contribution in [0.25, 0.3) is 0 Å². The summed E-state index contributed by atoms with van der Waals surface area (Å²) >= 11 is 0. The van der Waals surface area contributed by atoms with E-state index >= 15 is 0 Å². The number of pyridine rings is 1. The van der Waals surface area contributed by atoms with Gasteiger partial charge in [-0.2, -0.15) is 0 Å². The number of aryl methyl sites for hydroxylation is 1. The Kier molecular flexibility index (Phi) is 4.88. The van der Waals surface area contributed by atoms with Crippen LogP contribution in [0.2, 0.25) is 0 Å². The first kappa shape index (κ1) is 14.7. The summed E-state index contributed by atoms with van der Waals surface area (Å²) in [5.74, 6) is 0.299. The lowest BCUT2D eigenvalue weighted by molar-refractivity contribution is 0.0523. The number of ether oxygens (including phenoxy) is 1. The van der Waals surface area contributed by atoms with Crippen LogP contribution in [0.1, 0.15) is 73.8 Å². The highest BCUT2D eigenvalue weighted by Gasteiger charge is 2.19. The van der Waals surface area contributed by atoms with Crippen LogP contribution in [-0.2, 0) is 4.74 Å². The summed E-state index contributed by atoms with van der Waals surface area (Å²) < 4.78 is 5.10. The van der Waals surface area contributed by atoms with Gasteiger partial charge in [0.25, 0.3) is 0 Å². The predicted octanol–water partition coefficient (Wildman–Crippen LogP) is 3.81. The van der Waals surface area contributed by atoms with Crippen molar-refractivity contribution in [3.63, 3.8) is 0 Å². The minimum Gasteiger partial charge on any atom is -0.462 e. The van der Waals surface area contributed by atoms with E-state index in [4.69, 9.17) is 4.74 Å². The molecule has 0 spiro atoms. The van der Waals surface area contributed by atoms with Gasteiger partial charge in [-0.05, 0) is 37.3 Å². The Labute approximate surface area is 110 Å². The number of rotatable bonds is 4. The Morgan fingerprint density at radius 1 is 1.22 bits per heavy atom. The van der Waals surface area contributed by atoms with E-state index in [0.717, 1.165) is 17.0 Å². The third-order valence-corrected chi connectivity index (χ3v) is 2.87. The topological polar surface area (TPSA) is 39.2 Å². The average Bonchev–Trinajstić information content (AvgIpc) is 2.27. The summed E-state index contributed by atoms with van der Waals surface area (Å²) in [6.45, 7) is 12.5. The molecule has 18 heavy (non-hydrogen) atoms. The van der Waals surface area contributed by atoms with Gasteiger partial charge in [-0.3, -0.25) is 4.98 Å². The fourth-order valence-electron chi connectivity index (χ4n) is 2.04. The Hall–Kier alpha value is -1.38. The van der Waals surface area contributed by atoms with Gasteiger partial charge < -0.3 is 4.74 Å². The van der Waals surface area contributed by atoms with Gasteiger partial charge in [0.1, 0.15) is 0 Å². The molecule has 100 valence electrons. The summed E-state index contributed by atoms with van der Waals surface area (Å²) in [4.78, 5) is 16.6. The molecule has 0 fully saturated rings. The van der Waals surface area contributed by atoms with Crippen LogP contribution in [0.4, 0.5) is 0 Å². The van der Waals surface area contributed by atoms with Crippen LogP contribution in [0.15, 0.2) is 6.07 Å². The first-order valence-electron chi connectivity index (χ1n) is 6.57. The molecule has 1 heterocycles. The molecule has 3 heteroatoms. The van der Waals surface area contributed by atoms with Crippen LogP contribution in [0.3, 0.4) is 0 Å². The molecule has 0 atom stereocenters. The highest BCUT2D eigenvalue weighted by Crippen LogP contribution is 2.25. The summed E-state index contributed by atoms with van der Waals surface area (Å²) in [5, 5.41) is 0. The third-order valence-electron chi connectivity index (χ3n) is 2.87. The lowest BCUT2D eigenvalue weighted by Gasteiger charge is -2.16. The van der Waals surface area contributed by atoms with E-state index < -0.39 is 0 Å². The first-order valence-corrected chi connectivity index (χ1v) is 6.57. The second kappa shape index (κ2) is 5.98. The fourth-order valence-corrected chi connectivity index (χ4v) is 2.04. The molecule has 3 nitrogen and oxygen atoms in total. The second-order valence-corrected chi connectivity index (χ2v) is 5.15. The van der Waals surface area contributed by atoms with Crippen molar-refractivity contribution in [3.8, 4) is 0 Å². The van der Waals surface area contributed by atoms with E-state index in [1.54, 1.807) is 0 Å². The maximum absolute atomic E-state index is 11.9. The largest absolute Gasteiger partial charge is 0.462 e. The Morgan fingerprint density at radius 2 is 1.78 bits per heavy atom. The number of hydrogen-bond donors (Lipinski definition) is 0. The zero-order chi connectivity index (χ0) is 13.9. The smallest absolute Gasteiger partial charge is 0.339 e. The number of carbonyl (C=O) groups excluding carboxylic acids is 1. The third kappa shape index (κ3) is 3.09. The standard InChI is InChI=1S/C15H23NO2/c1-7-18-15(17)12-8-11(6)13(9(2)3)16-14(12)10(4)5/h8-10H,7H2,1-6H3. The molecule has 0 bridgehead atoms. The van der Waals surface area contributed by atoms with Crippen molar-refractivity contribution in [1.82, 2.24) is 4.98 Å². The highest BCUT2D eigenvalue weighted by atomic mass is 16.5. The number of aromatic nitrogens is 1. The van der Waals surface area contributed by atoms with E-state index in [2.05, 4.69) is 18.8 Å². The van der Waals surface area contributed by atoms with Gasteiger partial charge in [-0.15, -0.1) is 0 Å². The SMILES string of the molecule is CCOC(=O)c1cc(C)c(C(C)C)nc1C(C)C. The number of esters is 1. The molecule has 0 amide bonds. The van der Waals surface area contributed by atoms with Crippen molar-refractivity contribution >= 4 is 5.97 Å². The number of nitrogens with zero attached hydrogens (tertiary/aromatic N) is 1. The molecule has 0 saturated heterocycles. The molecule has 0 saturated carbocycles. The molecule has 0 aliphatic rings. The van der Waals surface area contributed by atoms with Crippen LogP contribution >= 0.6 is 0 Å². The number of hydrogen-bond acceptors (Lipinski definition) is 3. The predicted molar refractivity (Wildman–Crippen MR) is 73.1 cm³/mol. The minimum absolute atomic E-state index is 0.211. The summed E-state index contributed by atoms with van der Waals surface area (Å²) in [5.41, 5.74) is 3.56. The van der Waals surface area contributed by atoms with Crippen molar-refractivity contribution in [2.45, 2.75) is 53.4 Å². The minimum atomic E-state index is -0.271. The fraction of sp³-hybridized carbons (Fsp3) is 0.600. The van der Waals surface area contributed by atoms with Crippen LogP contribution in [0.5, 0.6) is 0 Å². The molecule has 0 aliphatic heterocycles. The van der Waals surface area contributed by atoms with Crippen molar-refractivity contribution < 1.29 is 9.53 Å². The Bertz CT molecular complexity index is 436. The molecule has 0 aliphatic carbocycles. The lowest BCUT2D eigenvalue weighted by Crippen LogP contribution is -2.13. The molecule has 1 aromatic heterocycles. The Morgan fingerprint density at radius 3 is 2.22 bits per heavy atom. The van der Waals surface area contributed by atoms with Gasteiger partial charge in [0.05, 0.1) is 17.9 Å². The molecular weight excluding hydrogens is 226 g/mol. The zero-order valence-electron chi connectivity index (χ0n) is 12.2. The quantitative estimate of drug-likeness (QED) is 0.762. The summed E-state index contributed by atoms with van der Waals surface area (Å²) in [6, 6.07) is 1.91. The van der Waals surface area contributed by atoms with E-state index in [9.17, 15) is 4.79 Å². The van der Waals surface area contributed by atoms with Gasteiger partial charge in [0.2, 0.25) is 0 Å². The highest BCUT2D eigenvalue weighted by molar-refractivity contribution is 5.91. The normalized spacial score (nSPS) is 11.1. The molecule has 1 aromatic rings. The molecule has 0 N–H and O–H groups in total. The molecule has 0 aromatic carbocycles. The average molecular weight is 249 g/mol. The molecule has 1 rings (SSSR count). The van der Waals surface area contributed by atoms with Crippen molar-refractivity contribution in [2.24, 2.45) is 0 Å². The lowest BCUT2D eigenvalue weighted by atomic mass is 9.97. The maximum atomic E-state index is 11.9. The monoisotopic (exact) mass is 249 g/mol. The van der Waals surface area contributed by atoms with Crippen LogP contribution in [0, 0.1) is 6.92 Å². The maximum Gasteiger partial charge on any atom is 0.339 e. The van der Waals surface area contributed by atoms with Gasteiger partial charge in [-0.1, -0.05) is 27.7 Å². The van der Waals surface area contributed by atoms with Crippen molar-refractivity contribution in [1.29, 1.82) is 0 Å². The van der Waals surface area contributed by atoms with Crippen LogP contribution < -0.4 is 0 Å². The van der Waals surface area contributed by atoms with Crippen LogP contribution in [-0.4, -0.2) is 17.6 Å². The Balaban J connectivity index is 3.33. The molecular formula is C15H23NO2. The van der Waals surface area contributed by atoms with E-state index in [1.807, 2.05) is 33.8 Å². The molecule has 0 unspecified atom stereocenters. The van der Waals surface area contributed by atoms with Gasteiger partial charge in [0, 0.05) is 5.69 Å².